The molecule has 0 saturated heterocycles. The minimum Gasteiger partial charge on any atom is -0.264 e. The number of aromatic nitrogens is 2. The molecule has 0 aliphatic rings. The molecule has 3 heteroatoms. The minimum absolute atomic E-state index is 1.20. The van der Waals surface area contributed by atoms with Crippen LogP contribution in [0.4, 0.5) is 0 Å². The summed E-state index contributed by atoms with van der Waals surface area (Å²) in [5.74, 6) is 0. The van der Waals surface area contributed by atoms with Crippen LogP contribution in [0.2, 0.25) is 0 Å². The molecule has 3 aromatic rings. The molecular formula is C16H24N2S. The first-order chi connectivity index (χ1) is 9.45. The zero-order valence-corrected chi connectivity index (χ0v) is 13.6. The summed E-state index contributed by atoms with van der Waals surface area (Å²) in [4.78, 5) is 8.23. The molecule has 3 rings (SSSR count). The second-order valence-electron chi connectivity index (χ2n) is 2.85. The van der Waals surface area contributed by atoms with Crippen LogP contribution in [0.15, 0.2) is 36.9 Å². The Bertz CT molecular complexity index is 523. The van der Waals surface area contributed by atoms with Crippen LogP contribution in [0.1, 0.15) is 41.5 Å². The van der Waals surface area contributed by atoms with Gasteiger partial charge in [-0.15, -0.1) is 11.3 Å². The Morgan fingerprint density at radius 2 is 1.05 bits per heavy atom. The SMILES string of the molecule is CC.CC.CC.c1cc2sc3ccncc3c2cn1. The molecule has 2 nitrogen and oxygen atoms in total. The second kappa shape index (κ2) is 10.4. The molecule has 0 bridgehead atoms. The molecule has 0 aliphatic carbocycles. The Morgan fingerprint density at radius 1 is 0.684 bits per heavy atom. The van der Waals surface area contributed by atoms with Crippen molar-refractivity contribution in [1.82, 2.24) is 9.97 Å². The van der Waals surface area contributed by atoms with Gasteiger partial charge in [0, 0.05) is 45.0 Å². The summed E-state index contributed by atoms with van der Waals surface area (Å²) in [6.07, 6.45) is 7.45. The topological polar surface area (TPSA) is 25.8 Å². The molecule has 0 saturated carbocycles. The molecule has 0 unspecified atom stereocenters. The number of hydrogen-bond donors (Lipinski definition) is 0. The maximum absolute atomic E-state index is 4.11. The largest absolute Gasteiger partial charge is 0.264 e. The Balaban J connectivity index is 0.000000482. The van der Waals surface area contributed by atoms with Gasteiger partial charge in [0.2, 0.25) is 0 Å². The van der Waals surface area contributed by atoms with E-state index in [9.17, 15) is 0 Å². The summed E-state index contributed by atoms with van der Waals surface area (Å²) in [6.45, 7) is 12.0. The first-order valence-electron chi connectivity index (χ1n) is 7.01. The van der Waals surface area contributed by atoms with Crippen LogP contribution in [0.25, 0.3) is 20.2 Å². The second-order valence-corrected chi connectivity index (χ2v) is 3.93. The molecule has 0 radical (unpaired) electrons. The highest BCUT2D eigenvalue weighted by Gasteiger charge is 2.02. The van der Waals surface area contributed by atoms with Crippen molar-refractivity contribution in [2.75, 3.05) is 0 Å². The summed E-state index contributed by atoms with van der Waals surface area (Å²) >= 11 is 1.78. The summed E-state index contributed by atoms with van der Waals surface area (Å²) < 4.78 is 2.55. The van der Waals surface area contributed by atoms with Crippen molar-refractivity contribution in [3.05, 3.63) is 36.9 Å². The molecule has 0 fully saturated rings. The molecule has 0 N–H and O–H groups in total. The van der Waals surface area contributed by atoms with Crippen molar-refractivity contribution in [3.8, 4) is 0 Å². The Kier molecular flexibility index (Phi) is 9.63. The van der Waals surface area contributed by atoms with Crippen LogP contribution in [0.5, 0.6) is 0 Å². The Morgan fingerprint density at radius 3 is 1.42 bits per heavy atom. The molecule has 0 amide bonds. The highest BCUT2D eigenvalue weighted by atomic mass is 32.1. The number of nitrogens with zero attached hydrogens (tertiary/aromatic N) is 2. The first kappa shape index (κ1) is 17.5. The van der Waals surface area contributed by atoms with E-state index >= 15 is 0 Å². The minimum atomic E-state index is 1.20. The first-order valence-corrected chi connectivity index (χ1v) is 7.83. The third kappa shape index (κ3) is 4.28. The fourth-order valence-corrected chi connectivity index (χ4v) is 2.50. The van der Waals surface area contributed by atoms with Crippen molar-refractivity contribution in [3.63, 3.8) is 0 Å². The van der Waals surface area contributed by atoms with Crippen molar-refractivity contribution in [2.24, 2.45) is 0 Å². The third-order valence-corrected chi connectivity index (χ3v) is 3.22. The van der Waals surface area contributed by atoms with Gasteiger partial charge >= 0.3 is 0 Å². The molecule has 3 heterocycles. The molecule has 104 valence electrons. The Hall–Kier alpha value is -1.48. The summed E-state index contributed by atoms with van der Waals surface area (Å²) in [6, 6.07) is 4.08. The predicted octanol–water partition coefficient (Wildman–Crippen LogP) is 5.92. The van der Waals surface area contributed by atoms with Gasteiger partial charge in [0.1, 0.15) is 0 Å². The van der Waals surface area contributed by atoms with Gasteiger partial charge in [0.15, 0.2) is 0 Å². The van der Waals surface area contributed by atoms with Crippen molar-refractivity contribution in [1.29, 1.82) is 0 Å². The quantitative estimate of drug-likeness (QED) is 0.509. The van der Waals surface area contributed by atoms with Gasteiger partial charge in [-0.2, -0.15) is 0 Å². The average Bonchev–Trinajstić information content (AvgIpc) is 2.92. The molecule has 0 atom stereocenters. The predicted molar refractivity (Wildman–Crippen MR) is 89.0 cm³/mol. The lowest BCUT2D eigenvalue weighted by Crippen LogP contribution is -1.70. The van der Waals surface area contributed by atoms with E-state index in [0.29, 0.717) is 0 Å². The van der Waals surface area contributed by atoms with E-state index < -0.39 is 0 Å². The van der Waals surface area contributed by atoms with Crippen molar-refractivity contribution in [2.45, 2.75) is 41.5 Å². The van der Waals surface area contributed by atoms with Gasteiger partial charge in [0.25, 0.3) is 0 Å². The van der Waals surface area contributed by atoms with E-state index in [2.05, 4.69) is 9.97 Å². The van der Waals surface area contributed by atoms with Gasteiger partial charge in [-0.1, -0.05) is 41.5 Å². The number of fused-ring (bicyclic) bond motifs is 3. The average molecular weight is 276 g/mol. The monoisotopic (exact) mass is 276 g/mol. The number of pyridine rings is 2. The van der Waals surface area contributed by atoms with Crippen LogP contribution in [0.3, 0.4) is 0 Å². The van der Waals surface area contributed by atoms with Gasteiger partial charge in [0.05, 0.1) is 0 Å². The van der Waals surface area contributed by atoms with Crippen LogP contribution in [-0.2, 0) is 0 Å². The van der Waals surface area contributed by atoms with Crippen molar-refractivity contribution >= 4 is 31.5 Å². The smallest absolute Gasteiger partial charge is 0.0386 e. The van der Waals surface area contributed by atoms with E-state index in [1.807, 2.05) is 78.5 Å². The van der Waals surface area contributed by atoms with Gasteiger partial charge in [-0.3, -0.25) is 9.97 Å². The Labute approximate surface area is 120 Å². The standard InChI is InChI=1S/C10H6N2S.3C2H6/c1-3-11-5-7-8-6-12-4-2-10(8)13-9(1)7;3*1-2/h1-6H;3*1-2H3. The van der Waals surface area contributed by atoms with E-state index in [1.165, 1.54) is 20.2 Å². The van der Waals surface area contributed by atoms with E-state index in [1.54, 1.807) is 11.3 Å². The van der Waals surface area contributed by atoms with Crippen molar-refractivity contribution < 1.29 is 0 Å². The van der Waals surface area contributed by atoms with Gasteiger partial charge < -0.3 is 0 Å². The maximum atomic E-state index is 4.11. The molecular weight excluding hydrogens is 252 g/mol. The van der Waals surface area contributed by atoms with Gasteiger partial charge in [-0.05, 0) is 12.1 Å². The van der Waals surface area contributed by atoms with E-state index in [-0.39, 0.29) is 0 Å². The normalized spacial score (nSPS) is 8.53. The molecule has 0 spiro atoms. The number of thiophene rings is 1. The van der Waals surface area contributed by atoms with E-state index in [4.69, 9.17) is 0 Å². The number of hydrogen-bond acceptors (Lipinski definition) is 3. The lowest BCUT2D eigenvalue weighted by atomic mass is 10.2. The highest BCUT2D eigenvalue weighted by molar-refractivity contribution is 7.25. The maximum Gasteiger partial charge on any atom is 0.0386 e. The van der Waals surface area contributed by atoms with Crippen LogP contribution < -0.4 is 0 Å². The summed E-state index contributed by atoms with van der Waals surface area (Å²) in [7, 11) is 0. The van der Waals surface area contributed by atoms with Crippen LogP contribution >= 0.6 is 11.3 Å². The molecule has 19 heavy (non-hydrogen) atoms. The van der Waals surface area contributed by atoms with Crippen LogP contribution in [0, 0.1) is 0 Å². The zero-order chi connectivity index (χ0) is 14.7. The van der Waals surface area contributed by atoms with Gasteiger partial charge in [-0.25, -0.2) is 0 Å². The fourth-order valence-electron chi connectivity index (χ4n) is 1.46. The molecule has 0 aliphatic heterocycles. The summed E-state index contributed by atoms with van der Waals surface area (Å²) in [5, 5.41) is 2.41. The van der Waals surface area contributed by atoms with E-state index in [0.717, 1.165) is 0 Å². The lowest BCUT2D eigenvalue weighted by molar-refractivity contribution is 1.36. The fraction of sp³-hybridized carbons (Fsp3) is 0.375. The third-order valence-electron chi connectivity index (χ3n) is 2.07. The number of rotatable bonds is 0. The molecule has 0 aromatic carbocycles. The lowest BCUT2D eigenvalue weighted by Gasteiger charge is -1.87. The molecule has 3 aromatic heterocycles. The highest BCUT2D eigenvalue weighted by Crippen LogP contribution is 2.31. The van der Waals surface area contributed by atoms with Crippen LogP contribution in [-0.4, -0.2) is 9.97 Å². The summed E-state index contributed by atoms with van der Waals surface area (Å²) in [5.41, 5.74) is 0. The zero-order valence-electron chi connectivity index (χ0n) is 12.8.